The van der Waals surface area contributed by atoms with Crippen LogP contribution in [0.5, 0.6) is 0 Å². The molecule has 0 saturated heterocycles. The third-order valence-corrected chi connectivity index (χ3v) is 10.4. The summed E-state index contributed by atoms with van der Waals surface area (Å²) in [5, 5.41) is 11.4. The van der Waals surface area contributed by atoms with Gasteiger partial charge in [0.05, 0.1) is 11.6 Å². The van der Waals surface area contributed by atoms with Crippen LogP contribution in [0.1, 0.15) is 66.0 Å². The highest BCUT2D eigenvalue weighted by Gasteiger charge is 2.26. The Hall–Kier alpha value is -5.97. The highest BCUT2D eigenvalue weighted by molar-refractivity contribution is 5.78. The fraction of sp³-hybridized carbons (Fsp3) is 0.157. The standard InChI is InChI=1S/C51H47N/c1-7-12-46-31-32-48(36(3)18-22-43-26-25-42(38(5)39(43)6)21-17-35(2)41-14-9-8-10-15-41)33-50(46)51-37(4)13-11-16-49(51)47-29-27-45(28-30-47)44-23-19-40(34-52)20-24-44/h8-11,13-33,46,50H,2,6-7,12H2,1,3-5H3/b21-17-,36-18+,43-22-. The zero-order valence-electron chi connectivity index (χ0n) is 30.9. The van der Waals surface area contributed by atoms with Gasteiger partial charge in [0.15, 0.2) is 0 Å². The number of rotatable bonds is 10. The number of hydrogen-bond donors (Lipinski definition) is 0. The third-order valence-electron chi connectivity index (χ3n) is 10.4. The monoisotopic (exact) mass is 673 g/mol. The topological polar surface area (TPSA) is 23.8 Å². The van der Waals surface area contributed by atoms with Crippen LogP contribution in [0, 0.1) is 31.1 Å². The molecule has 0 amide bonds. The quantitative estimate of drug-likeness (QED) is 0.135. The molecule has 0 saturated carbocycles. The summed E-state index contributed by atoms with van der Waals surface area (Å²) in [6.45, 7) is 17.6. The van der Waals surface area contributed by atoms with Crippen molar-refractivity contribution in [3.63, 3.8) is 0 Å². The van der Waals surface area contributed by atoms with Gasteiger partial charge in [-0.25, -0.2) is 0 Å². The first-order valence-electron chi connectivity index (χ1n) is 18.3. The number of allylic oxidation sites excluding steroid dienone is 8. The maximum Gasteiger partial charge on any atom is 0.0991 e. The number of hydrogen-bond acceptors (Lipinski definition) is 1. The Bertz CT molecular complexity index is 2360. The molecule has 1 aliphatic rings. The zero-order valence-corrected chi connectivity index (χ0v) is 30.9. The fourth-order valence-corrected chi connectivity index (χ4v) is 7.23. The van der Waals surface area contributed by atoms with Crippen molar-refractivity contribution in [1.82, 2.24) is 0 Å². The van der Waals surface area contributed by atoms with Gasteiger partial charge in [-0.05, 0) is 122 Å². The normalized spacial score (nSPS) is 16.2. The van der Waals surface area contributed by atoms with Crippen molar-refractivity contribution in [3.8, 4) is 28.3 Å². The van der Waals surface area contributed by atoms with Gasteiger partial charge in [-0.15, -0.1) is 0 Å². The predicted octanol–water partition coefficient (Wildman–Crippen LogP) is 12.1. The van der Waals surface area contributed by atoms with Crippen LogP contribution in [0.15, 0.2) is 157 Å². The van der Waals surface area contributed by atoms with Crippen molar-refractivity contribution in [2.45, 2.75) is 46.5 Å². The van der Waals surface area contributed by atoms with Crippen LogP contribution in [-0.2, 0) is 0 Å². The average molecular weight is 674 g/mol. The molecule has 0 aliphatic heterocycles. The van der Waals surface area contributed by atoms with Gasteiger partial charge >= 0.3 is 0 Å². The van der Waals surface area contributed by atoms with Gasteiger partial charge in [0, 0.05) is 5.92 Å². The molecule has 0 aromatic heterocycles. The molecule has 0 radical (unpaired) electrons. The van der Waals surface area contributed by atoms with Crippen molar-refractivity contribution in [2.24, 2.45) is 5.92 Å². The molecule has 256 valence electrons. The van der Waals surface area contributed by atoms with Crippen LogP contribution in [-0.4, -0.2) is 0 Å². The van der Waals surface area contributed by atoms with E-state index in [2.05, 4.69) is 156 Å². The van der Waals surface area contributed by atoms with Crippen molar-refractivity contribution in [2.75, 3.05) is 0 Å². The number of nitriles is 1. The lowest BCUT2D eigenvalue weighted by atomic mass is 9.74. The van der Waals surface area contributed by atoms with E-state index in [0.717, 1.165) is 51.1 Å². The van der Waals surface area contributed by atoms with E-state index in [1.807, 2.05) is 42.5 Å². The number of nitrogens with zero attached hydrogens (tertiary/aromatic N) is 1. The van der Waals surface area contributed by atoms with Crippen LogP contribution in [0.3, 0.4) is 0 Å². The minimum atomic E-state index is 0.264. The van der Waals surface area contributed by atoms with E-state index < -0.39 is 0 Å². The molecule has 2 atom stereocenters. The summed E-state index contributed by atoms with van der Waals surface area (Å²) in [6.07, 6.45) is 18.2. The Kier molecular flexibility index (Phi) is 11.3. The van der Waals surface area contributed by atoms with Gasteiger partial charge < -0.3 is 0 Å². The van der Waals surface area contributed by atoms with Crippen LogP contribution >= 0.6 is 0 Å². The maximum atomic E-state index is 9.20. The molecule has 0 bridgehead atoms. The minimum Gasteiger partial charge on any atom is -0.192 e. The summed E-state index contributed by atoms with van der Waals surface area (Å²) in [6, 6.07) is 40.2. The van der Waals surface area contributed by atoms with Crippen molar-refractivity contribution in [3.05, 3.63) is 201 Å². The summed E-state index contributed by atoms with van der Waals surface area (Å²) in [4.78, 5) is 0. The Balaban J connectivity index is 1.30. The molecule has 1 aliphatic carbocycles. The molecule has 6 rings (SSSR count). The van der Waals surface area contributed by atoms with E-state index in [-0.39, 0.29) is 5.92 Å². The molecule has 5 aromatic carbocycles. The predicted molar refractivity (Wildman–Crippen MR) is 224 cm³/mol. The Morgan fingerprint density at radius 1 is 0.827 bits per heavy atom. The lowest BCUT2D eigenvalue weighted by Crippen LogP contribution is -2.26. The van der Waals surface area contributed by atoms with E-state index in [9.17, 15) is 5.26 Å². The van der Waals surface area contributed by atoms with Gasteiger partial charge in [-0.1, -0.05) is 166 Å². The van der Waals surface area contributed by atoms with E-state index >= 15 is 0 Å². The SMILES string of the molecule is C=C(/C=C\c1cc/c(=C/C=C(\C)C2=CC(c3c(C)cccc3-c3ccc(-c4ccc(C#N)cc4)cc3)C(CCC)C=C2)c(=C)c1C)c1ccccc1. The van der Waals surface area contributed by atoms with Crippen molar-refractivity contribution < 1.29 is 0 Å². The summed E-state index contributed by atoms with van der Waals surface area (Å²) < 4.78 is 0. The van der Waals surface area contributed by atoms with Gasteiger partial charge in [0.1, 0.15) is 0 Å². The summed E-state index contributed by atoms with van der Waals surface area (Å²) in [7, 11) is 0. The Labute approximate surface area is 310 Å². The largest absolute Gasteiger partial charge is 0.192 e. The number of benzene rings is 5. The number of aryl methyl sites for hydroxylation is 1. The third kappa shape index (κ3) is 7.99. The first-order chi connectivity index (χ1) is 25.3. The minimum absolute atomic E-state index is 0.264. The molecule has 0 N–H and O–H groups in total. The molecule has 52 heavy (non-hydrogen) atoms. The molecule has 2 unspecified atom stereocenters. The van der Waals surface area contributed by atoms with Gasteiger partial charge in [0.25, 0.3) is 0 Å². The first-order valence-corrected chi connectivity index (χ1v) is 18.3. The smallest absolute Gasteiger partial charge is 0.0991 e. The molecule has 5 aromatic rings. The average Bonchev–Trinajstić information content (AvgIpc) is 3.18. The Morgan fingerprint density at radius 2 is 1.52 bits per heavy atom. The second kappa shape index (κ2) is 16.4. The molecular weight excluding hydrogens is 627 g/mol. The highest BCUT2D eigenvalue weighted by atomic mass is 14.3. The maximum absolute atomic E-state index is 9.20. The van der Waals surface area contributed by atoms with Crippen LogP contribution < -0.4 is 10.4 Å². The van der Waals surface area contributed by atoms with Crippen LogP contribution in [0.4, 0.5) is 0 Å². The van der Waals surface area contributed by atoms with E-state index in [0.29, 0.717) is 11.5 Å². The Morgan fingerprint density at radius 3 is 2.21 bits per heavy atom. The molecule has 1 nitrogen and oxygen atoms in total. The molecule has 0 fully saturated rings. The van der Waals surface area contributed by atoms with Crippen molar-refractivity contribution in [1.29, 1.82) is 5.26 Å². The first kappa shape index (κ1) is 35.8. The fourth-order valence-electron chi connectivity index (χ4n) is 7.23. The molecule has 0 heterocycles. The van der Waals surface area contributed by atoms with Crippen LogP contribution in [0.25, 0.3) is 46.6 Å². The molecule has 0 spiro atoms. The highest BCUT2D eigenvalue weighted by Crippen LogP contribution is 2.42. The lowest BCUT2D eigenvalue weighted by Gasteiger charge is -2.30. The summed E-state index contributed by atoms with van der Waals surface area (Å²) in [5.74, 6) is 0.691. The van der Waals surface area contributed by atoms with Gasteiger partial charge in [0.2, 0.25) is 0 Å². The second-order valence-electron chi connectivity index (χ2n) is 13.9. The second-order valence-corrected chi connectivity index (χ2v) is 13.9. The molecule has 1 heteroatoms. The van der Waals surface area contributed by atoms with E-state index in [1.54, 1.807) is 0 Å². The molecular formula is C51H47N. The zero-order chi connectivity index (χ0) is 36.6. The van der Waals surface area contributed by atoms with Gasteiger partial charge in [-0.3, -0.25) is 0 Å². The van der Waals surface area contributed by atoms with Crippen molar-refractivity contribution >= 4 is 24.3 Å². The lowest BCUT2D eigenvalue weighted by molar-refractivity contribution is 0.521. The van der Waals surface area contributed by atoms with Crippen LogP contribution in [0.2, 0.25) is 0 Å². The summed E-state index contributed by atoms with van der Waals surface area (Å²) >= 11 is 0. The van der Waals surface area contributed by atoms with E-state index in [4.69, 9.17) is 0 Å². The van der Waals surface area contributed by atoms with E-state index in [1.165, 1.54) is 39.0 Å². The van der Waals surface area contributed by atoms with Gasteiger partial charge in [-0.2, -0.15) is 5.26 Å². The summed E-state index contributed by atoms with van der Waals surface area (Å²) in [5.41, 5.74) is 15.1.